The summed E-state index contributed by atoms with van der Waals surface area (Å²) < 4.78 is 0. The Bertz CT molecular complexity index is 702. The van der Waals surface area contributed by atoms with Gasteiger partial charge in [-0.25, -0.2) is 5.43 Å². The largest absolute Gasteiger partial charge is 0.372 e. The van der Waals surface area contributed by atoms with Crippen molar-refractivity contribution in [2.75, 3.05) is 0 Å². The molecule has 0 bridgehead atoms. The minimum Gasteiger partial charge on any atom is -0.372 e. The van der Waals surface area contributed by atoms with Gasteiger partial charge in [-0.3, -0.25) is 4.79 Å². The van der Waals surface area contributed by atoms with Gasteiger partial charge in [0.15, 0.2) is 5.60 Å². The molecule has 0 spiro atoms. The molecule has 4 heteroatoms. The number of carbonyl (C=O) groups excluding carboxylic acids is 1. The Morgan fingerprint density at radius 2 is 1.68 bits per heavy atom. The average molecular weight is 336 g/mol. The number of hydrogen-bond acceptors (Lipinski definition) is 3. The smallest absolute Gasteiger partial charge is 0.281 e. The van der Waals surface area contributed by atoms with E-state index in [-0.39, 0.29) is 0 Å². The Morgan fingerprint density at radius 1 is 1.12 bits per heavy atom. The van der Waals surface area contributed by atoms with E-state index in [1.807, 2.05) is 36.4 Å². The molecule has 4 nitrogen and oxygen atoms in total. The first-order chi connectivity index (χ1) is 12.2. The third kappa shape index (κ3) is 3.49. The number of aliphatic hydroxyl groups is 1. The van der Waals surface area contributed by atoms with E-state index in [0.29, 0.717) is 17.0 Å². The fourth-order valence-electron chi connectivity index (χ4n) is 3.48. The molecule has 130 valence electrons. The summed E-state index contributed by atoms with van der Waals surface area (Å²) >= 11 is 0. The van der Waals surface area contributed by atoms with Crippen LogP contribution >= 0.6 is 0 Å². The van der Waals surface area contributed by atoms with E-state index in [1.54, 1.807) is 24.3 Å². The second-order valence-electron chi connectivity index (χ2n) is 6.48. The molecule has 1 amide bonds. The normalized spacial score (nSPS) is 19.1. The van der Waals surface area contributed by atoms with E-state index in [4.69, 9.17) is 0 Å². The molecule has 2 N–H and O–H groups in total. The molecule has 1 aliphatic carbocycles. The minimum atomic E-state index is -1.77. The molecule has 2 aromatic rings. The van der Waals surface area contributed by atoms with Crippen molar-refractivity contribution in [2.45, 2.75) is 38.2 Å². The summed E-state index contributed by atoms with van der Waals surface area (Å²) in [4.78, 5) is 12.9. The van der Waals surface area contributed by atoms with Crippen molar-refractivity contribution in [3.8, 4) is 0 Å². The highest BCUT2D eigenvalue weighted by Gasteiger charge is 2.40. The lowest BCUT2D eigenvalue weighted by Gasteiger charge is -2.27. The van der Waals surface area contributed by atoms with E-state index in [0.717, 1.165) is 31.4 Å². The van der Waals surface area contributed by atoms with Crippen molar-refractivity contribution >= 4 is 11.6 Å². The van der Waals surface area contributed by atoms with E-state index in [2.05, 4.69) is 17.5 Å². The fourth-order valence-corrected chi connectivity index (χ4v) is 3.48. The Labute approximate surface area is 148 Å². The predicted octanol–water partition coefficient (Wildman–Crippen LogP) is 3.60. The first-order valence-electron chi connectivity index (χ1n) is 8.86. The Balaban J connectivity index is 1.93. The summed E-state index contributed by atoms with van der Waals surface area (Å²) in [6.07, 6.45) is 4.16. The van der Waals surface area contributed by atoms with Crippen LogP contribution < -0.4 is 5.43 Å². The zero-order valence-electron chi connectivity index (χ0n) is 14.5. The SMILES string of the molecule is CCC1CCC/C1=N/NC(=O)C(O)(c1ccccc1)c1ccccc1. The molecule has 1 saturated carbocycles. The van der Waals surface area contributed by atoms with E-state index in [9.17, 15) is 9.90 Å². The van der Waals surface area contributed by atoms with Crippen LogP contribution in [0.1, 0.15) is 43.7 Å². The van der Waals surface area contributed by atoms with Gasteiger partial charge in [-0.15, -0.1) is 0 Å². The van der Waals surface area contributed by atoms with E-state index >= 15 is 0 Å². The number of nitrogens with one attached hydrogen (secondary N) is 1. The molecule has 3 rings (SSSR count). The lowest BCUT2D eigenvalue weighted by molar-refractivity contribution is -0.136. The molecule has 1 unspecified atom stereocenters. The second kappa shape index (κ2) is 7.62. The highest BCUT2D eigenvalue weighted by molar-refractivity contribution is 5.93. The lowest BCUT2D eigenvalue weighted by atomic mass is 9.85. The molecule has 1 atom stereocenters. The maximum Gasteiger partial charge on any atom is 0.281 e. The lowest BCUT2D eigenvalue weighted by Crippen LogP contribution is -2.44. The van der Waals surface area contributed by atoms with Gasteiger partial charge in [0.2, 0.25) is 0 Å². The molecule has 0 aliphatic heterocycles. The zero-order chi connectivity index (χ0) is 17.7. The van der Waals surface area contributed by atoms with Crippen LogP contribution in [0, 0.1) is 5.92 Å². The molecule has 25 heavy (non-hydrogen) atoms. The topological polar surface area (TPSA) is 61.7 Å². The van der Waals surface area contributed by atoms with Crippen LogP contribution in [-0.2, 0) is 10.4 Å². The summed E-state index contributed by atoms with van der Waals surface area (Å²) in [7, 11) is 0. The third-order valence-electron chi connectivity index (χ3n) is 4.96. The number of amides is 1. The van der Waals surface area contributed by atoms with Crippen LogP contribution in [0.3, 0.4) is 0 Å². The van der Waals surface area contributed by atoms with Crippen LogP contribution in [0.5, 0.6) is 0 Å². The highest BCUT2D eigenvalue weighted by atomic mass is 16.3. The van der Waals surface area contributed by atoms with Crippen molar-refractivity contribution in [3.63, 3.8) is 0 Å². The first-order valence-corrected chi connectivity index (χ1v) is 8.86. The Kier molecular flexibility index (Phi) is 5.29. The van der Waals surface area contributed by atoms with Crippen LogP contribution in [0.2, 0.25) is 0 Å². The molecule has 0 radical (unpaired) electrons. The molecular formula is C21H24N2O2. The standard InChI is InChI=1S/C21H24N2O2/c1-2-16-10-9-15-19(16)22-23-20(24)21(25,17-11-5-3-6-12-17)18-13-7-4-8-14-18/h3-8,11-14,16,25H,2,9-10,15H2,1H3,(H,23,24)/b22-19-. The molecular weight excluding hydrogens is 312 g/mol. The highest BCUT2D eigenvalue weighted by Crippen LogP contribution is 2.30. The Morgan fingerprint density at radius 3 is 2.20 bits per heavy atom. The van der Waals surface area contributed by atoms with Gasteiger partial charge in [-0.2, -0.15) is 5.10 Å². The van der Waals surface area contributed by atoms with Gasteiger partial charge in [0.1, 0.15) is 0 Å². The third-order valence-corrected chi connectivity index (χ3v) is 4.96. The number of carbonyl (C=O) groups is 1. The van der Waals surface area contributed by atoms with Crippen molar-refractivity contribution in [1.29, 1.82) is 0 Å². The van der Waals surface area contributed by atoms with Crippen molar-refractivity contribution in [3.05, 3.63) is 71.8 Å². The molecule has 0 heterocycles. The monoisotopic (exact) mass is 336 g/mol. The summed E-state index contributed by atoms with van der Waals surface area (Å²) in [6, 6.07) is 18.0. The molecule has 1 aliphatic rings. The Hall–Kier alpha value is -2.46. The predicted molar refractivity (Wildman–Crippen MR) is 99.1 cm³/mol. The maximum absolute atomic E-state index is 12.9. The molecule has 2 aromatic carbocycles. The summed E-state index contributed by atoms with van der Waals surface area (Å²) in [5.74, 6) is -0.0963. The van der Waals surface area contributed by atoms with Crippen LogP contribution in [0.25, 0.3) is 0 Å². The van der Waals surface area contributed by atoms with E-state index < -0.39 is 11.5 Å². The average Bonchev–Trinajstić information content (AvgIpc) is 3.14. The number of benzene rings is 2. The minimum absolute atomic E-state index is 0.432. The zero-order valence-corrected chi connectivity index (χ0v) is 14.5. The first kappa shape index (κ1) is 17.4. The fraction of sp³-hybridized carbons (Fsp3) is 0.333. The molecule has 0 aromatic heterocycles. The van der Waals surface area contributed by atoms with Crippen molar-refractivity contribution in [1.82, 2.24) is 5.43 Å². The summed E-state index contributed by atoms with van der Waals surface area (Å²) in [6.45, 7) is 2.14. The number of rotatable bonds is 5. The van der Waals surface area contributed by atoms with Crippen molar-refractivity contribution < 1.29 is 9.90 Å². The summed E-state index contributed by atoms with van der Waals surface area (Å²) in [5, 5.41) is 15.7. The van der Waals surface area contributed by atoms with E-state index in [1.165, 1.54) is 0 Å². The van der Waals surface area contributed by atoms with Gasteiger partial charge in [0, 0.05) is 5.71 Å². The van der Waals surface area contributed by atoms with Gasteiger partial charge in [-0.1, -0.05) is 67.6 Å². The van der Waals surface area contributed by atoms with Crippen LogP contribution in [-0.4, -0.2) is 16.7 Å². The van der Waals surface area contributed by atoms with Gasteiger partial charge < -0.3 is 5.11 Å². The van der Waals surface area contributed by atoms with Crippen LogP contribution in [0.4, 0.5) is 0 Å². The van der Waals surface area contributed by atoms with Gasteiger partial charge >= 0.3 is 0 Å². The maximum atomic E-state index is 12.9. The number of hydrogen-bond donors (Lipinski definition) is 2. The number of hydrazone groups is 1. The van der Waals surface area contributed by atoms with Gasteiger partial charge in [0.05, 0.1) is 0 Å². The number of nitrogens with zero attached hydrogens (tertiary/aromatic N) is 1. The quantitative estimate of drug-likeness (QED) is 0.820. The van der Waals surface area contributed by atoms with Gasteiger partial charge in [0.25, 0.3) is 5.91 Å². The van der Waals surface area contributed by atoms with Gasteiger partial charge in [-0.05, 0) is 42.7 Å². The molecule has 1 fully saturated rings. The van der Waals surface area contributed by atoms with Crippen LogP contribution in [0.15, 0.2) is 65.8 Å². The van der Waals surface area contributed by atoms with Crippen molar-refractivity contribution in [2.24, 2.45) is 11.0 Å². The second-order valence-corrected chi connectivity index (χ2v) is 6.48. The molecule has 0 saturated heterocycles. The summed E-state index contributed by atoms with van der Waals surface area (Å²) in [5.41, 5.74) is 2.93.